The number of nitrogens with zero attached hydrogens (tertiary/aromatic N) is 2. The van der Waals surface area contributed by atoms with Crippen molar-refractivity contribution in [2.24, 2.45) is 0 Å². The van der Waals surface area contributed by atoms with E-state index >= 15 is 0 Å². The number of piperidine rings is 1. The lowest BCUT2D eigenvalue weighted by molar-refractivity contribution is -0.137. The van der Waals surface area contributed by atoms with E-state index in [1.54, 1.807) is 30.3 Å². The fraction of sp³-hybridized carbons (Fsp3) is 0.273. The standard InChI is InChI=1S/C33H32ClF3N6O6S/c34-27-16-20(33(35,36)37)17-39-31(27)49-25-8-10-26(11-9-25)50(46,47)42-22-4-6-23(7-5-22)43-14-12-21(13-15-43)38-18-24(44)19-48-29-3-1-2-28-30(29)41-32(45)40-28/h1-11,16-17,21,24,38,42,44H,12-15,18-19H2,(H2,40,41,45)/t24-/m0/s1. The Morgan fingerprint density at radius 1 is 1.04 bits per heavy atom. The molecule has 5 N–H and O–H groups in total. The molecule has 0 saturated carbocycles. The minimum Gasteiger partial charge on any atom is -0.489 e. The van der Waals surface area contributed by atoms with Crippen LogP contribution in [0.1, 0.15) is 18.4 Å². The van der Waals surface area contributed by atoms with Gasteiger partial charge >= 0.3 is 11.9 Å². The predicted octanol–water partition coefficient (Wildman–Crippen LogP) is 5.51. The first-order chi connectivity index (χ1) is 23.8. The lowest BCUT2D eigenvalue weighted by atomic mass is 10.0. The molecule has 0 spiro atoms. The number of halogens is 4. The Bertz CT molecular complexity index is 2100. The molecule has 0 radical (unpaired) electrons. The summed E-state index contributed by atoms with van der Waals surface area (Å²) in [5, 5.41) is 13.5. The topological polar surface area (TPSA) is 162 Å². The normalized spacial score (nSPS) is 14.9. The van der Waals surface area contributed by atoms with E-state index in [9.17, 15) is 31.5 Å². The number of benzene rings is 3. The number of aromatic amines is 2. The third kappa shape index (κ3) is 8.50. The zero-order chi connectivity index (χ0) is 35.5. The average Bonchev–Trinajstić information content (AvgIpc) is 3.48. The molecule has 0 unspecified atom stereocenters. The number of rotatable bonds is 12. The van der Waals surface area contributed by atoms with E-state index in [1.807, 2.05) is 12.1 Å². The first-order valence-corrected chi connectivity index (χ1v) is 17.3. The van der Waals surface area contributed by atoms with Gasteiger partial charge in [0.1, 0.15) is 34.7 Å². The van der Waals surface area contributed by atoms with Gasteiger partial charge in [-0.15, -0.1) is 0 Å². The van der Waals surface area contributed by atoms with Crippen LogP contribution in [0.15, 0.2) is 88.7 Å². The van der Waals surface area contributed by atoms with E-state index < -0.39 is 27.9 Å². The van der Waals surface area contributed by atoms with Gasteiger partial charge in [0.2, 0.25) is 5.88 Å². The highest BCUT2D eigenvalue weighted by Gasteiger charge is 2.32. The number of ether oxygens (including phenoxy) is 2. The smallest absolute Gasteiger partial charge is 0.417 e. The number of aromatic nitrogens is 3. The number of anilines is 2. The number of hydrogen-bond acceptors (Lipinski definition) is 9. The van der Waals surface area contributed by atoms with Crippen LogP contribution in [0.25, 0.3) is 11.0 Å². The van der Waals surface area contributed by atoms with E-state index in [0.29, 0.717) is 41.3 Å². The van der Waals surface area contributed by atoms with Crippen LogP contribution in [-0.4, -0.2) is 66.9 Å². The van der Waals surface area contributed by atoms with Crippen LogP contribution < -0.4 is 30.1 Å². The van der Waals surface area contributed by atoms with Crippen LogP contribution in [-0.2, 0) is 16.2 Å². The van der Waals surface area contributed by atoms with Crippen molar-refractivity contribution < 1.29 is 36.2 Å². The molecule has 50 heavy (non-hydrogen) atoms. The summed E-state index contributed by atoms with van der Waals surface area (Å²) < 4.78 is 78.3. The molecule has 2 aromatic heterocycles. The van der Waals surface area contributed by atoms with Gasteiger partial charge in [-0.1, -0.05) is 17.7 Å². The Balaban J connectivity index is 0.952. The van der Waals surface area contributed by atoms with Gasteiger partial charge in [0.05, 0.1) is 16.0 Å². The van der Waals surface area contributed by atoms with Gasteiger partial charge in [-0.05, 0) is 79.6 Å². The SMILES string of the molecule is O=c1[nH]c2cccc(OC[C@@H](O)CNC3CCN(c4ccc(NS(=O)(=O)c5ccc(Oc6ncc(C(F)(F)F)cc6Cl)cc5)cc4)CC3)c2[nH]1. The number of para-hydroxylation sites is 1. The van der Waals surface area contributed by atoms with E-state index in [-0.39, 0.29) is 39.9 Å². The van der Waals surface area contributed by atoms with Gasteiger partial charge in [0.25, 0.3) is 10.0 Å². The minimum atomic E-state index is -4.61. The number of hydrogen-bond donors (Lipinski definition) is 5. The third-order valence-electron chi connectivity index (χ3n) is 8.05. The van der Waals surface area contributed by atoms with Crippen LogP contribution in [0.4, 0.5) is 24.5 Å². The number of aliphatic hydroxyl groups excluding tert-OH is 1. The summed E-state index contributed by atoms with van der Waals surface area (Å²) in [6, 6.07) is 18.4. The van der Waals surface area contributed by atoms with Crippen molar-refractivity contribution in [3.05, 3.63) is 100 Å². The van der Waals surface area contributed by atoms with Crippen LogP contribution in [0.2, 0.25) is 5.02 Å². The first-order valence-electron chi connectivity index (χ1n) is 15.5. The van der Waals surface area contributed by atoms with Crippen molar-refractivity contribution in [1.82, 2.24) is 20.3 Å². The predicted molar refractivity (Wildman–Crippen MR) is 182 cm³/mol. The second-order valence-electron chi connectivity index (χ2n) is 11.6. The van der Waals surface area contributed by atoms with Crippen molar-refractivity contribution in [1.29, 1.82) is 0 Å². The number of alkyl halides is 3. The summed E-state index contributed by atoms with van der Waals surface area (Å²) in [5.41, 5.74) is 1.14. The zero-order valence-electron chi connectivity index (χ0n) is 26.2. The van der Waals surface area contributed by atoms with E-state index in [2.05, 4.69) is 29.9 Å². The molecule has 17 heteroatoms. The van der Waals surface area contributed by atoms with Crippen molar-refractivity contribution in [2.45, 2.75) is 36.1 Å². The van der Waals surface area contributed by atoms with Crippen molar-refractivity contribution in [2.75, 3.05) is 35.9 Å². The summed E-state index contributed by atoms with van der Waals surface area (Å²) in [5.74, 6) is 0.363. The number of imidazole rings is 1. The Labute approximate surface area is 289 Å². The van der Waals surface area contributed by atoms with E-state index in [4.69, 9.17) is 21.1 Å². The molecule has 1 fully saturated rings. The largest absolute Gasteiger partial charge is 0.489 e. The maximum Gasteiger partial charge on any atom is 0.417 e. The van der Waals surface area contributed by atoms with E-state index in [1.165, 1.54) is 24.3 Å². The Kier molecular flexibility index (Phi) is 10.2. The van der Waals surface area contributed by atoms with Crippen LogP contribution >= 0.6 is 11.6 Å². The summed E-state index contributed by atoms with van der Waals surface area (Å²) in [6.45, 7) is 1.94. The van der Waals surface area contributed by atoms with Crippen molar-refractivity contribution >= 4 is 44.0 Å². The number of sulfonamides is 1. The molecule has 0 amide bonds. The molecular weight excluding hydrogens is 701 g/mol. The maximum atomic E-state index is 13.0. The lowest BCUT2D eigenvalue weighted by Gasteiger charge is -2.34. The summed E-state index contributed by atoms with van der Waals surface area (Å²) in [4.78, 5) is 22.7. The molecule has 5 aromatic rings. The quantitative estimate of drug-likeness (QED) is 0.111. The van der Waals surface area contributed by atoms with E-state index in [0.717, 1.165) is 31.6 Å². The second kappa shape index (κ2) is 14.6. The lowest BCUT2D eigenvalue weighted by Crippen LogP contribution is -2.45. The van der Waals surface area contributed by atoms with Gasteiger partial charge in [0.15, 0.2) is 0 Å². The number of aliphatic hydroxyl groups is 1. The molecule has 0 aliphatic carbocycles. The van der Waals surface area contributed by atoms with Gasteiger partial charge in [-0.2, -0.15) is 13.2 Å². The summed E-state index contributed by atoms with van der Waals surface area (Å²) in [6.07, 6.45) is -3.08. The fourth-order valence-electron chi connectivity index (χ4n) is 5.45. The van der Waals surface area contributed by atoms with Crippen molar-refractivity contribution in [3.63, 3.8) is 0 Å². The molecular formula is C33H32ClF3N6O6S. The number of pyridine rings is 1. The van der Waals surface area contributed by atoms with Crippen LogP contribution in [0, 0.1) is 0 Å². The molecule has 12 nitrogen and oxygen atoms in total. The monoisotopic (exact) mass is 732 g/mol. The molecule has 0 bridgehead atoms. The molecule has 264 valence electrons. The molecule has 1 saturated heterocycles. The number of fused-ring (bicyclic) bond motifs is 1. The fourth-order valence-corrected chi connectivity index (χ4v) is 6.71. The average molecular weight is 733 g/mol. The Hall–Kier alpha value is -4.77. The second-order valence-corrected chi connectivity index (χ2v) is 13.7. The Morgan fingerprint density at radius 2 is 1.76 bits per heavy atom. The maximum absolute atomic E-state index is 13.0. The molecule has 3 heterocycles. The molecule has 1 atom stereocenters. The van der Waals surface area contributed by atoms with Gasteiger partial charge < -0.3 is 34.8 Å². The van der Waals surface area contributed by atoms with Crippen molar-refractivity contribution in [3.8, 4) is 17.4 Å². The molecule has 1 aliphatic rings. The number of H-pyrrole nitrogens is 2. The minimum absolute atomic E-state index is 0.0546. The first kappa shape index (κ1) is 35.1. The highest BCUT2D eigenvalue weighted by Crippen LogP contribution is 2.35. The zero-order valence-corrected chi connectivity index (χ0v) is 27.8. The Morgan fingerprint density at radius 3 is 2.44 bits per heavy atom. The van der Waals surface area contributed by atoms with Gasteiger partial charge in [0, 0.05) is 43.2 Å². The van der Waals surface area contributed by atoms with Gasteiger partial charge in [-0.25, -0.2) is 18.2 Å². The molecule has 3 aromatic carbocycles. The van der Waals surface area contributed by atoms with Gasteiger partial charge in [-0.3, -0.25) is 4.72 Å². The highest BCUT2D eigenvalue weighted by molar-refractivity contribution is 7.92. The molecule has 1 aliphatic heterocycles. The summed E-state index contributed by atoms with van der Waals surface area (Å²) >= 11 is 5.89. The molecule has 6 rings (SSSR count). The summed E-state index contributed by atoms with van der Waals surface area (Å²) in [7, 11) is -3.96. The third-order valence-corrected chi connectivity index (χ3v) is 9.72. The van der Waals surface area contributed by atoms with Crippen LogP contribution in [0.5, 0.6) is 17.4 Å². The number of nitrogens with one attached hydrogen (secondary N) is 4. The highest BCUT2D eigenvalue weighted by atomic mass is 35.5. The van der Waals surface area contributed by atoms with Crippen LogP contribution in [0.3, 0.4) is 0 Å².